The Bertz CT molecular complexity index is 658. The molecule has 24 heavy (non-hydrogen) atoms. The Morgan fingerprint density at radius 2 is 1.96 bits per heavy atom. The van der Waals surface area contributed by atoms with Crippen LogP contribution in [0.15, 0.2) is 24.3 Å². The molecule has 0 atom stereocenters. The molecule has 0 radical (unpaired) electrons. The van der Waals surface area contributed by atoms with Gasteiger partial charge in [-0.05, 0) is 33.0 Å². The van der Waals surface area contributed by atoms with E-state index in [0.29, 0.717) is 12.6 Å². The SMILES string of the molecule is CC(C)N(C)CC(=O)N1CCN(Cc2nc3ccccc3s2)CC1. The van der Waals surface area contributed by atoms with E-state index in [9.17, 15) is 4.79 Å². The van der Waals surface area contributed by atoms with Gasteiger partial charge in [-0.15, -0.1) is 11.3 Å². The number of aromatic nitrogens is 1. The summed E-state index contributed by atoms with van der Waals surface area (Å²) in [5, 5.41) is 1.16. The van der Waals surface area contributed by atoms with Gasteiger partial charge in [0.1, 0.15) is 5.01 Å². The van der Waals surface area contributed by atoms with Crippen LogP contribution in [0.5, 0.6) is 0 Å². The quantitative estimate of drug-likeness (QED) is 0.833. The van der Waals surface area contributed by atoms with Crippen molar-refractivity contribution >= 4 is 27.5 Å². The van der Waals surface area contributed by atoms with Crippen molar-refractivity contribution in [3.05, 3.63) is 29.3 Å². The molecule has 2 aromatic rings. The van der Waals surface area contributed by atoms with Crippen LogP contribution in [-0.2, 0) is 11.3 Å². The molecule has 0 spiro atoms. The number of carbonyl (C=O) groups is 1. The second kappa shape index (κ2) is 7.59. The first-order chi connectivity index (χ1) is 11.5. The molecule has 1 amide bonds. The van der Waals surface area contributed by atoms with Crippen molar-refractivity contribution in [3.8, 4) is 0 Å². The van der Waals surface area contributed by atoms with Gasteiger partial charge in [-0.3, -0.25) is 14.6 Å². The van der Waals surface area contributed by atoms with Crippen LogP contribution in [-0.4, -0.2) is 71.4 Å². The smallest absolute Gasteiger partial charge is 0.236 e. The maximum atomic E-state index is 12.4. The molecule has 1 aliphatic heterocycles. The van der Waals surface area contributed by atoms with Crippen molar-refractivity contribution in [2.45, 2.75) is 26.4 Å². The molecule has 3 rings (SSSR count). The van der Waals surface area contributed by atoms with E-state index in [-0.39, 0.29) is 5.91 Å². The third kappa shape index (κ3) is 4.12. The number of carbonyl (C=O) groups excluding carboxylic acids is 1. The van der Waals surface area contributed by atoms with Gasteiger partial charge in [-0.1, -0.05) is 12.1 Å². The summed E-state index contributed by atoms with van der Waals surface area (Å²) in [5.41, 5.74) is 1.09. The number of amides is 1. The van der Waals surface area contributed by atoms with Crippen molar-refractivity contribution in [1.29, 1.82) is 0 Å². The molecule has 1 aliphatic rings. The third-order valence-corrected chi connectivity index (χ3v) is 5.71. The number of fused-ring (bicyclic) bond motifs is 1. The molecule has 0 N–H and O–H groups in total. The van der Waals surface area contributed by atoms with Gasteiger partial charge in [0.05, 0.1) is 23.3 Å². The van der Waals surface area contributed by atoms with Crippen molar-refractivity contribution in [2.75, 3.05) is 39.8 Å². The van der Waals surface area contributed by atoms with Gasteiger partial charge in [0.15, 0.2) is 0 Å². The highest BCUT2D eigenvalue weighted by Gasteiger charge is 2.23. The van der Waals surface area contributed by atoms with Crippen LogP contribution in [0.25, 0.3) is 10.2 Å². The molecule has 1 fully saturated rings. The Balaban J connectivity index is 1.50. The van der Waals surface area contributed by atoms with E-state index in [1.54, 1.807) is 11.3 Å². The molecule has 0 saturated carbocycles. The van der Waals surface area contributed by atoms with Crippen LogP contribution in [0.2, 0.25) is 0 Å². The first kappa shape index (κ1) is 17.3. The summed E-state index contributed by atoms with van der Waals surface area (Å²) in [5.74, 6) is 0.242. The molecular weight excluding hydrogens is 320 g/mol. The van der Waals surface area contributed by atoms with Crippen molar-refractivity contribution < 1.29 is 4.79 Å². The highest BCUT2D eigenvalue weighted by atomic mass is 32.1. The number of piperazine rings is 1. The topological polar surface area (TPSA) is 39.7 Å². The Kier molecular flexibility index (Phi) is 5.48. The number of hydrogen-bond donors (Lipinski definition) is 0. The number of likely N-dealkylation sites (N-methyl/N-ethyl adjacent to an activating group) is 1. The molecule has 0 unspecified atom stereocenters. The van der Waals surface area contributed by atoms with E-state index in [1.807, 2.05) is 18.0 Å². The minimum atomic E-state index is 0.242. The van der Waals surface area contributed by atoms with Crippen LogP contribution in [0.4, 0.5) is 0 Å². The first-order valence-electron chi connectivity index (χ1n) is 8.58. The second-order valence-electron chi connectivity index (χ2n) is 6.74. The summed E-state index contributed by atoms with van der Waals surface area (Å²) >= 11 is 1.77. The van der Waals surface area contributed by atoms with Gasteiger partial charge in [0.25, 0.3) is 0 Å². The summed E-state index contributed by atoms with van der Waals surface area (Å²) < 4.78 is 1.25. The van der Waals surface area contributed by atoms with Crippen LogP contribution in [0, 0.1) is 0 Å². The number of benzene rings is 1. The second-order valence-corrected chi connectivity index (χ2v) is 7.86. The summed E-state index contributed by atoms with van der Waals surface area (Å²) in [4.78, 5) is 23.5. The normalized spacial score (nSPS) is 16.5. The minimum absolute atomic E-state index is 0.242. The maximum Gasteiger partial charge on any atom is 0.236 e. The summed E-state index contributed by atoms with van der Waals surface area (Å²) in [6.45, 7) is 9.10. The lowest BCUT2D eigenvalue weighted by atomic mass is 10.3. The number of hydrogen-bond acceptors (Lipinski definition) is 5. The first-order valence-corrected chi connectivity index (χ1v) is 9.39. The highest BCUT2D eigenvalue weighted by molar-refractivity contribution is 7.18. The van der Waals surface area contributed by atoms with Gasteiger partial charge in [-0.25, -0.2) is 4.98 Å². The molecule has 130 valence electrons. The number of thiazole rings is 1. The number of nitrogens with zero attached hydrogens (tertiary/aromatic N) is 4. The van der Waals surface area contributed by atoms with Crippen molar-refractivity contribution in [3.63, 3.8) is 0 Å². The fraction of sp³-hybridized carbons (Fsp3) is 0.556. The molecule has 6 heteroatoms. The van der Waals surface area contributed by atoms with E-state index >= 15 is 0 Å². The van der Waals surface area contributed by atoms with Crippen LogP contribution < -0.4 is 0 Å². The number of rotatable bonds is 5. The van der Waals surface area contributed by atoms with Gasteiger partial charge in [0.2, 0.25) is 5.91 Å². The standard InChI is InChI=1S/C18H26N4OS/c1-14(2)20(3)13-18(23)22-10-8-21(9-11-22)12-17-19-15-6-4-5-7-16(15)24-17/h4-7,14H,8-13H2,1-3H3. The van der Waals surface area contributed by atoms with E-state index in [1.165, 1.54) is 4.70 Å². The lowest BCUT2D eigenvalue weighted by Crippen LogP contribution is -2.51. The van der Waals surface area contributed by atoms with Gasteiger partial charge in [0, 0.05) is 32.2 Å². The fourth-order valence-corrected chi connectivity index (χ4v) is 3.84. The van der Waals surface area contributed by atoms with Gasteiger partial charge < -0.3 is 4.90 Å². The predicted octanol–water partition coefficient (Wildman–Crippen LogP) is 2.28. The van der Waals surface area contributed by atoms with Crippen LogP contribution in [0.3, 0.4) is 0 Å². The molecule has 0 aliphatic carbocycles. The Hall–Kier alpha value is -1.50. The van der Waals surface area contributed by atoms with E-state index < -0.39 is 0 Å². The zero-order valence-electron chi connectivity index (χ0n) is 14.7. The van der Waals surface area contributed by atoms with Crippen molar-refractivity contribution in [2.24, 2.45) is 0 Å². The van der Waals surface area contributed by atoms with E-state index in [2.05, 4.69) is 41.8 Å². The maximum absolute atomic E-state index is 12.4. The summed E-state index contributed by atoms with van der Waals surface area (Å²) in [6, 6.07) is 8.68. The van der Waals surface area contributed by atoms with E-state index in [4.69, 9.17) is 4.98 Å². The zero-order valence-corrected chi connectivity index (χ0v) is 15.6. The Labute approximate surface area is 147 Å². The molecule has 1 saturated heterocycles. The molecule has 2 heterocycles. The Morgan fingerprint density at radius 1 is 1.25 bits per heavy atom. The zero-order chi connectivity index (χ0) is 17.1. The summed E-state index contributed by atoms with van der Waals surface area (Å²) in [7, 11) is 2.01. The van der Waals surface area contributed by atoms with E-state index in [0.717, 1.165) is 43.2 Å². The van der Waals surface area contributed by atoms with Crippen LogP contribution in [0.1, 0.15) is 18.9 Å². The number of para-hydroxylation sites is 1. The predicted molar refractivity (Wildman–Crippen MR) is 99.2 cm³/mol. The average Bonchev–Trinajstić information content (AvgIpc) is 2.97. The average molecular weight is 347 g/mol. The molecular formula is C18H26N4OS. The highest BCUT2D eigenvalue weighted by Crippen LogP contribution is 2.23. The molecule has 0 bridgehead atoms. The summed E-state index contributed by atoms with van der Waals surface area (Å²) in [6.07, 6.45) is 0. The van der Waals surface area contributed by atoms with Gasteiger partial charge >= 0.3 is 0 Å². The molecule has 1 aromatic heterocycles. The third-order valence-electron chi connectivity index (χ3n) is 4.69. The largest absolute Gasteiger partial charge is 0.339 e. The Morgan fingerprint density at radius 3 is 2.62 bits per heavy atom. The fourth-order valence-electron chi connectivity index (χ4n) is 2.83. The van der Waals surface area contributed by atoms with Crippen molar-refractivity contribution in [1.82, 2.24) is 19.7 Å². The minimum Gasteiger partial charge on any atom is -0.339 e. The monoisotopic (exact) mass is 346 g/mol. The lowest BCUT2D eigenvalue weighted by molar-refractivity contribution is -0.134. The van der Waals surface area contributed by atoms with Crippen LogP contribution >= 0.6 is 11.3 Å². The lowest BCUT2D eigenvalue weighted by Gasteiger charge is -2.35. The molecule has 5 nitrogen and oxygen atoms in total. The molecule has 1 aromatic carbocycles. The van der Waals surface area contributed by atoms with Gasteiger partial charge in [-0.2, -0.15) is 0 Å².